The maximum absolute atomic E-state index is 13.4. The lowest BCUT2D eigenvalue weighted by Gasteiger charge is -2.09. The number of ether oxygens (including phenoxy) is 2. The van der Waals surface area contributed by atoms with Gasteiger partial charge in [-0.1, -0.05) is 11.8 Å². The standard InChI is InChI=1S/C14H15F4NO2/c15-12-5-4-11(3-1-6-19)9-13(12)21-8-2-7-20-10-14(16,17)18/h4-5,9H,2,6-8,10,19H2. The van der Waals surface area contributed by atoms with Gasteiger partial charge in [-0.15, -0.1) is 0 Å². The number of hydrogen-bond donors (Lipinski definition) is 1. The Hall–Kier alpha value is -1.78. The molecule has 1 aromatic rings. The van der Waals surface area contributed by atoms with Crippen molar-refractivity contribution in [2.45, 2.75) is 12.6 Å². The van der Waals surface area contributed by atoms with Crippen molar-refractivity contribution < 1.29 is 27.0 Å². The highest BCUT2D eigenvalue weighted by Crippen LogP contribution is 2.19. The Labute approximate surface area is 120 Å². The normalized spacial score (nSPS) is 10.9. The van der Waals surface area contributed by atoms with Crippen LogP contribution < -0.4 is 10.5 Å². The molecule has 0 fully saturated rings. The third-order valence-electron chi connectivity index (χ3n) is 2.22. The van der Waals surface area contributed by atoms with Gasteiger partial charge >= 0.3 is 6.18 Å². The van der Waals surface area contributed by atoms with Crippen molar-refractivity contribution in [2.24, 2.45) is 5.73 Å². The molecule has 0 saturated heterocycles. The third kappa shape index (κ3) is 7.54. The van der Waals surface area contributed by atoms with Crippen molar-refractivity contribution in [3.8, 4) is 17.6 Å². The molecule has 3 nitrogen and oxygen atoms in total. The molecule has 2 N–H and O–H groups in total. The van der Waals surface area contributed by atoms with Gasteiger partial charge in [0.1, 0.15) is 6.61 Å². The molecule has 0 radical (unpaired) electrons. The van der Waals surface area contributed by atoms with Crippen LogP contribution >= 0.6 is 0 Å². The lowest BCUT2D eigenvalue weighted by Crippen LogP contribution is -2.18. The summed E-state index contributed by atoms with van der Waals surface area (Å²) in [6.07, 6.45) is -4.13. The third-order valence-corrected chi connectivity index (χ3v) is 2.22. The molecule has 0 spiro atoms. The summed E-state index contributed by atoms with van der Waals surface area (Å²) in [5.41, 5.74) is 5.78. The van der Waals surface area contributed by atoms with E-state index in [0.717, 1.165) is 0 Å². The fourth-order valence-electron chi connectivity index (χ4n) is 1.38. The minimum absolute atomic E-state index is 0.00496. The lowest BCUT2D eigenvalue weighted by molar-refractivity contribution is -0.174. The highest BCUT2D eigenvalue weighted by molar-refractivity contribution is 5.40. The fourth-order valence-corrected chi connectivity index (χ4v) is 1.38. The number of alkyl halides is 3. The molecule has 0 atom stereocenters. The monoisotopic (exact) mass is 305 g/mol. The summed E-state index contributed by atoms with van der Waals surface area (Å²) in [4.78, 5) is 0. The summed E-state index contributed by atoms with van der Waals surface area (Å²) in [7, 11) is 0. The highest BCUT2D eigenvalue weighted by Gasteiger charge is 2.27. The fraction of sp³-hybridized carbons (Fsp3) is 0.429. The molecule has 1 rings (SSSR count). The van der Waals surface area contributed by atoms with Crippen molar-refractivity contribution in [3.63, 3.8) is 0 Å². The molecule has 0 saturated carbocycles. The SMILES string of the molecule is NCC#Cc1ccc(F)c(OCCCOCC(F)(F)F)c1. The summed E-state index contributed by atoms with van der Waals surface area (Å²) in [5, 5.41) is 0. The number of rotatable bonds is 6. The Bertz CT molecular complexity index is 506. The van der Waals surface area contributed by atoms with Gasteiger partial charge in [-0.25, -0.2) is 4.39 Å². The van der Waals surface area contributed by atoms with E-state index in [2.05, 4.69) is 16.6 Å². The van der Waals surface area contributed by atoms with Gasteiger partial charge in [-0.05, 0) is 18.2 Å². The second kappa shape index (κ2) is 8.49. The summed E-state index contributed by atoms with van der Waals surface area (Å²) < 4.78 is 58.4. The van der Waals surface area contributed by atoms with Crippen molar-refractivity contribution in [1.29, 1.82) is 0 Å². The van der Waals surface area contributed by atoms with Crippen LogP contribution in [0.3, 0.4) is 0 Å². The second-order valence-corrected chi connectivity index (χ2v) is 4.02. The molecule has 0 aliphatic rings. The van der Waals surface area contributed by atoms with Crippen molar-refractivity contribution in [2.75, 3.05) is 26.4 Å². The van der Waals surface area contributed by atoms with Crippen LogP contribution in [0.2, 0.25) is 0 Å². The van der Waals surface area contributed by atoms with Crippen LogP contribution in [0.25, 0.3) is 0 Å². The van der Waals surface area contributed by atoms with Gasteiger partial charge in [-0.3, -0.25) is 0 Å². The number of benzene rings is 1. The molecule has 7 heteroatoms. The Morgan fingerprint density at radius 3 is 2.62 bits per heavy atom. The zero-order valence-corrected chi connectivity index (χ0v) is 11.2. The van der Waals surface area contributed by atoms with Crippen LogP contribution in [0.1, 0.15) is 12.0 Å². The Balaban J connectivity index is 2.38. The molecular weight excluding hydrogens is 290 g/mol. The zero-order chi connectivity index (χ0) is 15.7. The molecule has 0 heterocycles. The van der Waals surface area contributed by atoms with Crippen LogP contribution in [-0.4, -0.2) is 32.5 Å². The molecule has 0 aliphatic carbocycles. The lowest BCUT2D eigenvalue weighted by atomic mass is 10.2. The maximum Gasteiger partial charge on any atom is 0.411 e. The van der Waals surface area contributed by atoms with Crippen molar-refractivity contribution >= 4 is 0 Å². The van der Waals surface area contributed by atoms with Crippen LogP contribution in [0.5, 0.6) is 5.75 Å². The van der Waals surface area contributed by atoms with E-state index in [0.29, 0.717) is 5.56 Å². The van der Waals surface area contributed by atoms with E-state index < -0.39 is 18.6 Å². The van der Waals surface area contributed by atoms with E-state index >= 15 is 0 Å². The van der Waals surface area contributed by atoms with Crippen molar-refractivity contribution in [3.05, 3.63) is 29.6 Å². The van der Waals surface area contributed by atoms with Gasteiger partial charge in [0.25, 0.3) is 0 Å². The first kappa shape index (κ1) is 17.3. The van der Waals surface area contributed by atoms with Crippen LogP contribution in [0.15, 0.2) is 18.2 Å². The van der Waals surface area contributed by atoms with Gasteiger partial charge in [0.15, 0.2) is 11.6 Å². The first-order valence-corrected chi connectivity index (χ1v) is 6.18. The quantitative estimate of drug-likeness (QED) is 0.499. The molecule has 0 aliphatic heterocycles. The zero-order valence-electron chi connectivity index (χ0n) is 11.2. The van der Waals surface area contributed by atoms with E-state index in [1.54, 1.807) is 0 Å². The highest BCUT2D eigenvalue weighted by atomic mass is 19.4. The first-order chi connectivity index (χ1) is 9.92. The van der Waals surface area contributed by atoms with E-state index in [9.17, 15) is 17.6 Å². The van der Waals surface area contributed by atoms with Crippen LogP contribution in [0, 0.1) is 17.7 Å². The molecule has 1 aromatic carbocycles. The Morgan fingerprint density at radius 1 is 1.19 bits per heavy atom. The molecule has 21 heavy (non-hydrogen) atoms. The van der Waals surface area contributed by atoms with Crippen molar-refractivity contribution in [1.82, 2.24) is 0 Å². The summed E-state index contributed by atoms with van der Waals surface area (Å²) in [5.74, 6) is 4.78. The van der Waals surface area contributed by atoms with Crippen LogP contribution in [0.4, 0.5) is 17.6 Å². The van der Waals surface area contributed by atoms with Gasteiger partial charge < -0.3 is 15.2 Å². The average molecular weight is 305 g/mol. The van der Waals surface area contributed by atoms with E-state index in [-0.39, 0.29) is 31.9 Å². The minimum Gasteiger partial charge on any atom is -0.490 e. The number of hydrogen-bond acceptors (Lipinski definition) is 3. The molecule has 0 unspecified atom stereocenters. The number of nitrogens with two attached hydrogens (primary N) is 1. The summed E-state index contributed by atoms with van der Waals surface area (Å²) in [6, 6.07) is 4.10. The second-order valence-electron chi connectivity index (χ2n) is 4.02. The topological polar surface area (TPSA) is 44.5 Å². The minimum atomic E-state index is -4.34. The van der Waals surface area contributed by atoms with E-state index in [1.807, 2.05) is 0 Å². The predicted octanol–water partition coefficient (Wildman–Crippen LogP) is 2.48. The largest absolute Gasteiger partial charge is 0.490 e. The Kier molecular flexibility index (Phi) is 6.99. The summed E-state index contributed by atoms with van der Waals surface area (Å²) >= 11 is 0. The van der Waals surface area contributed by atoms with E-state index in [1.165, 1.54) is 18.2 Å². The predicted molar refractivity (Wildman–Crippen MR) is 69.3 cm³/mol. The van der Waals surface area contributed by atoms with Gasteiger partial charge in [0, 0.05) is 12.0 Å². The summed E-state index contributed by atoms with van der Waals surface area (Å²) in [6.45, 7) is -1.19. The average Bonchev–Trinajstić information content (AvgIpc) is 2.41. The first-order valence-electron chi connectivity index (χ1n) is 6.18. The smallest absolute Gasteiger partial charge is 0.411 e. The van der Waals surface area contributed by atoms with Gasteiger partial charge in [-0.2, -0.15) is 13.2 Å². The molecule has 0 aromatic heterocycles. The van der Waals surface area contributed by atoms with Gasteiger partial charge in [0.2, 0.25) is 0 Å². The van der Waals surface area contributed by atoms with E-state index in [4.69, 9.17) is 10.5 Å². The molecule has 116 valence electrons. The van der Waals surface area contributed by atoms with Gasteiger partial charge in [0.05, 0.1) is 19.8 Å². The Morgan fingerprint density at radius 2 is 1.95 bits per heavy atom. The van der Waals surface area contributed by atoms with Crippen LogP contribution in [-0.2, 0) is 4.74 Å². The molecule has 0 bridgehead atoms. The number of halogens is 4. The maximum atomic E-state index is 13.4. The molecule has 0 amide bonds. The molecular formula is C14H15F4NO2.